The minimum absolute atomic E-state index is 0.0822. The van der Waals surface area contributed by atoms with Gasteiger partial charge in [0.15, 0.2) is 5.76 Å². The van der Waals surface area contributed by atoms with Crippen LogP contribution in [0.4, 0.5) is 11.4 Å². The van der Waals surface area contributed by atoms with E-state index in [9.17, 15) is 9.59 Å². The van der Waals surface area contributed by atoms with E-state index in [1.54, 1.807) is 24.3 Å². The Bertz CT molecular complexity index is 604. The molecule has 1 amide bonds. The van der Waals surface area contributed by atoms with E-state index in [1.165, 1.54) is 0 Å². The number of amides is 1. The molecular formula is C12H10N2O4. The minimum atomic E-state index is -1.16. The number of carboxylic acid groups (broad SMARTS) is 1. The molecule has 1 aromatic carbocycles. The Hall–Kier alpha value is -2.76. The molecule has 0 saturated heterocycles. The molecule has 0 atom stereocenters. The number of aromatic carboxylic acids is 1. The van der Waals surface area contributed by atoms with Gasteiger partial charge in [0.1, 0.15) is 6.26 Å². The molecule has 0 unspecified atom stereocenters. The Kier molecular flexibility index (Phi) is 3.01. The van der Waals surface area contributed by atoms with Gasteiger partial charge < -0.3 is 20.6 Å². The van der Waals surface area contributed by atoms with E-state index in [4.69, 9.17) is 15.3 Å². The lowest BCUT2D eigenvalue weighted by Crippen LogP contribution is -2.12. The van der Waals surface area contributed by atoms with Crippen LogP contribution >= 0.6 is 0 Å². The molecule has 92 valence electrons. The number of hydrogen-bond donors (Lipinski definition) is 3. The summed E-state index contributed by atoms with van der Waals surface area (Å²) in [7, 11) is 0. The normalized spacial score (nSPS) is 10.0. The molecule has 1 aromatic heterocycles. The predicted octanol–water partition coefficient (Wildman–Crippen LogP) is 1.81. The van der Waals surface area contributed by atoms with Gasteiger partial charge in [-0.3, -0.25) is 4.79 Å². The Labute approximate surface area is 102 Å². The summed E-state index contributed by atoms with van der Waals surface area (Å²) in [5.41, 5.74) is 6.43. The zero-order valence-corrected chi connectivity index (χ0v) is 9.21. The molecule has 6 heteroatoms. The van der Waals surface area contributed by atoms with Crippen LogP contribution < -0.4 is 11.1 Å². The fourth-order valence-electron chi connectivity index (χ4n) is 1.36. The largest absolute Gasteiger partial charge is 0.478 e. The third-order valence-electron chi connectivity index (χ3n) is 2.28. The number of nitrogens with two attached hydrogens (primary N) is 1. The highest BCUT2D eigenvalue weighted by Crippen LogP contribution is 2.18. The number of carbonyl (C=O) groups excluding carboxylic acids is 1. The highest BCUT2D eigenvalue weighted by molar-refractivity contribution is 6.05. The fourth-order valence-corrected chi connectivity index (χ4v) is 1.36. The second kappa shape index (κ2) is 4.62. The molecule has 0 saturated carbocycles. The van der Waals surface area contributed by atoms with Crippen molar-refractivity contribution >= 4 is 23.3 Å². The topological polar surface area (TPSA) is 106 Å². The van der Waals surface area contributed by atoms with Gasteiger partial charge in [0, 0.05) is 6.07 Å². The molecule has 18 heavy (non-hydrogen) atoms. The van der Waals surface area contributed by atoms with E-state index in [2.05, 4.69) is 5.32 Å². The first-order valence-corrected chi connectivity index (χ1v) is 5.05. The van der Waals surface area contributed by atoms with Crippen molar-refractivity contribution in [2.24, 2.45) is 0 Å². The standard InChI is InChI=1S/C12H10N2O4/c13-8-3-1-2-4-9(8)14-11(15)10-5-7(6-18-10)12(16)17/h1-6H,13H2,(H,14,15)(H,16,17). The van der Waals surface area contributed by atoms with Crippen molar-refractivity contribution in [2.75, 3.05) is 11.1 Å². The number of nitrogens with one attached hydrogen (secondary N) is 1. The number of carboxylic acids is 1. The lowest BCUT2D eigenvalue weighted by atomic mass is 10.2. The summed E-state index contributed by atoms with van der Waals surface area (Å²) in [6.45, 7) is 0. The van der Waals surface area contributed by atoms with E-state index < -0.39 is 11.9 Å². The van der Waals surface area contributed by atoms with Crippen molar-refractivity contribution in [3.63, 3.8) is 0 Å². The fraction of sp³-hybridized carbons (Fsp3) is 0. The molecule has 0 aliphatic rings. The summed E-state index contributed by atoms with van der Waals surface area (Å²) in [5, 5.41) is 11.2. The van der Waals surface area contributed by atoms with Crippen LogP contribution in [-0.4, -0.2) is 17.0 Å². The number of nitrogen functional groups attached to an aromatic ring is 1. The first-order chi connectivity index (χ1) is 8.58. The highest BCUT2D eigenvalue weighted by atomic mass is 16.4. The van der Waals surface area contributed by atoms with E-state index >= 15 is 0 Å². The monoisotopic (exact) mass is 246 g/mol. The van der Waals surface area contributed by atoms with Crippen LogP contribution in [0.3, 0.4) is 0 Å². The maximum absolute atomic E-state index is 11.7. The smallest absolute Gasteiger partial charge is 0.338 e. The summed E-state index contributed by atoms with van der Waals surface area (Å²) >= 11 is 0. The number of anilines is 2. The maximum atomic E-state index is 11.7. The Morgan fingerprint density at radius 3 is 2.61 bits per heavy atom. The van der Waals surface area contributed by atoms with Gasteiger partial charge in [-0.05, 0) is 12.1 Å². The third-order valence-corrected chi connectivity index (χ3v) is 2.28. The molecule has 6 nitrogen and oxygen atoms in total. The van der Waals surface area contributed by atoms with Crippen LogP contribution in [-0.2, 0) is 0 Å². The summed E-state index contributed by atoms with van der Waals surface area (Å²) in [6, 6.07) is 7.88. The quantitative estimate of drug-likeness (QED) is 0.716. The van der Waals surface area contributed by atoms with E-state index in [-0.39, 0.29) is 11.3 Å². The molecule has 0 fully saturated rings. The lowest BCUT2D eigenvalue weighted by Gasteiger charge is -2.05. The predicted molar refractivity (Wildman–Crippen MR) is 64.5 cm³/mol. The molecule has 1 heterocycles. The lowest BCUT2D eigenvalue weighted by molar-refractivity contribution is 0.0696. The molecule has 0 aliphatic heterocycles. The number of rotatable bonds is 3. The number of para-hydroxylation sites is 2. The van der Waals surface area contributed by atoms with Gasteiger partial charge in [0.2, 0.25) is 0 Å². The molecular weight excluding hydrogens is 236 g/mol. The SMILES string of the molecule is Nc1ccccc1NC(=O)c1cc(C(=O)O)co1. The van der Waals surface area contributed by atoms with Gasteiger partial charge in [0.25, 0.3) is 5.91 Å². The maximum Gasteiger partial charge on any atom is 0.338 e. The minimum Gasteiger partial charge on any atom is -0.478 e. The van der Waals surface area contributed by atoms with Gasteiger partial charge in [0.05, 0.1) is 16.9 Å². The number of hydrogen-bond acceptors (Lipinski definition) is 4. The van der Waals surface area contributed by atoms with Crippen LogP contribution in [0.15, 0.2) is 41.0 Å². The van der Waals surface area contributed by atoms with Gasteiger partial charge in [-0.15, -0.1) is 0 Å². The van der Waals surface area contributed by atoms with Gasteiger partial charge >= 0.3 is 5.97 Å². The van der Waals surface area contributed by atoms with Crippen molar-refractivity contribution in [1.29, 1.82) is 0 Å². The van der Waals surface area contributed by atoms with Crippen molar-refractivity contribution in [2.45, 2.75) is 0 Å². The van der Waals surface area contributed by atoms with E-state index in [0.717, 1.165) is 12.3 Å². The van der Waals surface area contributed by atoms with Crippen molar-refractivity contribution in [3.05, 3.63) is 47.9 Å². The molecule has 2 aromatic rings. The average Bonchev–Trinajstić information content (AvgIpc) is 2.81. The van der Waals surface area contributed by atoms with Gasteiger partial charge in [-0.25, -0.2) is 4.79 Å². The van der Waals surface area contributed by atoms with E-state index in [1.807, 2.05) is 0 Å². The van der Waals surface area contributed by atoms with Crippen LogP contribution in [0, 0.1) is 0 Å². The summed E-state index contributed by atoms with van der Waals surface area (Å²) < 4.78 is 4.87. The second-order valence-corrected chi connectivity index (χ2v) is 3.55. The number of benzene rings is 1. The summed E-state index contributed by atoms with van der Waals surface area (Å²) in [4.78, 5) is 22.4. The molecule has 0 bridgehead atoms. The molecule has 4 N–H and O–H groups in total. The van der Waals surface area contributed by atoms with Crippen LogP contribution in [0.2, 0.25) is 0 Å². The first-order valence-electron chi connectivity index (χ1n) is 5.05. The molecule has 0 aliphatic carbocycles. The summed E-state index contributed by atoms with van der Waals surface area (Å²) in [6.07, 6.45) is 1.01. The number of carbonyl (C=O) groups is 2. The Balaban J connectivity index is 2.17. The zero-order valence-electron chi connectivity index (χ0n) is 9.21. The summed E-state index contributed by atoms with van der Waals surface area (Å²) in [5.74, 6) is -1.80. The molecule has 0 radical (unpaired) electrons. The van der Waals surface area contributed by atoms with Crippen molar-refractivity contribution in [1.82, 2.24) is 0 Å². The van der Waals surface area contributed by atoms with Crippen LogP contribution in [0.1, 0.15) is 20.9 Å². The van der Waals surface area contributed by atoms with Gasteiger partial charge in [-0.2, -0.15) is 0 Å². The molecule has 0 spiro atoms. The zero-order chi connectivity index (χ0) is 13.1. The third kappa shape index (κ3) is 2.32. The van der Waals surface area contributed by atoms with Crippen LogP contribution in [0.5, 0.6) is 0 Å². The highest BCUT2D eigenvalue weighted by Gasteiger charge is 2.15. The Morgan fingerprint density at radius 2 is 2.00 bits per heavy atom. The van der Waals surface area contributed by atoms with Crippen molar-refractivity contribution in [3.8, 4) is 0 Å². The van der Waals surface area contributed by atoms with Crippen LogP contribution in [0.25, 0.3) is 0 Å². The number of furan rings is 1. The first kappa shape index (κ1) is 11.7. The second-order valence-electron chi connectivity index (χ2n) is 3.55. The van der Waals surface area contributed by atoms with E-state index in [0.29, 0.717) is 11.4 Å². The van der Waals surface area contributed by atoms with Crippen molar-refractivity contribution < 1.29 is 19.1 Å². The van der Waals surface area contributed by atoms with Gasteiger partial charge in [-0.1, -0.05) is 12.1 Å². The Morgan fingerprint density at radius 1 is 1.28 bits per heavy atom. The molecule has 2 rings (SSSR count). The average molecular weight is 246 g/mol.